The fraction of sp³-hybridized carbons (Fsp3) is 0.167. The number of hydrogen-bond acceptors (Lipinski definition) is 2. The predicted octanol–water partition coefficient (Wildman–Crippen LogP) is 8.04. The maximum absolute atomic E-state index is 6.20. The molecule has 6 heteroatoms. The maximum Gasteiger partial charge on any atom is 0.267 e. The van der Waals surface area contributed by atoms with Gasteiger partial charge < -0.3 is 9.30 Å². The number of nitrogens with zero attached hydrogens (tertiary/aromatic N) is 4. The minimum absolute atomic E-state index is 0. The zero-order valence-corrected chi connectivity index (χ0v) is 25.6. The molecule has 0 bridgehead atoms. The number of aromatic nitrogens is 4. The Bertz CT molecular complexity index is 1760. The summed E-state index contributed by atoms with van der Waals surface area (Å²) in [6.45, 7) is 8.96. The topological polar surface area (TPSA) is 35.9 Å². The molecule has 6 aromatic rings. The molecule has 0 radical (unpaired) electrons. The first kappa shape index (κ1) is 29.3. The van der Waals surface area contributed by atoms with Crippen LogP contribution in [0.2, 0.25) is 0 Å². The van der Waals surface area contributed by atoms with E-state index in [0.717, 1.165) is 22.6 Å². The van der Waals surface area contributed by atoms with Crippen molar-refractivity contribution in [1.82, 2.24) is 14.3 Å². The van der Waals surface area contributed by atoms with Gasteiger partial charge in [0.2, 0.25) is 0 Å². The number of rotatable bonds is 8. The van der Waals surface area contributed by atoms with Crippen LogP contribution in [0.25, 0.3) is 28.2 Å². The van der Waals surface area contributed by atoms with E-state index in [4.69, 9.17) is 9.84 Å². The molecule has 0 aliphatic carbocycles. The minimum atomic E-state index is 0. The summed E-state index contributed by atoms with van der Waals surface area (Å²) in [6, 6.07) is 35.1. The number of para-hydroxylation sites is 1. The first-order chi connectivity index (χ1) is 20.0. The van der Waals surface area contributed by atoms with Crippen LogP contribution in [0, 0.1) is 18.5 Å². The van der Waals surface area contributed by atoms with Crippen molar-refractivity contribution >= 4 is 0 Å². The molecule has 0 aliphatic rings. The molecule has 6 rings (SSSR count). The largest absolute Gasteiger partial charge is 0.510 e. The van der Waals surface area contributed by atoms with Crippen molar-refractivity contribution in [2.24, 2.45) is 0 Å². The fourth-order valence-electron chi connectivity index (χ4n) is 5.03. The molecular weight excluding hydrogens is 611 g/mol. The molecule has 0 aliphatic heterocycles. The molecule has 0 saturated carbocycles. The summed E-state index contributed by atoms with van der Waals surface area (Å²) in [5.41, 5.74) is 7.73. The van der Waals surface area contributed by atoms with Crippen LogP contribution in [0.3, 0.4) is 0 Å². The van der Waals surface area contributed by atoms with Gasteiger partial charge in [-0.1, -0.05) is 64.1 Å². The van der Waals surface area contributed by atoms with Gasteiger partial charge in [0.05, 0.1) is 11.9 Å². The first-order valence-electron chi connectivity index (χ1n) is 13.9. The van der Waals surface area contributed by atoms with Gasteiger partial charge in [-0.2, -0.15) is 23.3 Å². The van der Waals surface area contributed by atoms with Gasteiger partial charge in [0.25, 0.3) is 6.33 Å². The Labute approximate surface area is 261 Å². The molecule has 2 heterocycles. The van der Waals surface area contributed by atoms with Gasteiger partial charge >= 0.3 is 0 Å². The Kier molecular flexibility index (Phi) is 8.87. The fourth-order valence-corrected chi connectivity index (χ4v) is 5.03. The molecule has 0 N–H and O–H groups in total. The van der Waals surface area contributed by atoms with Crippen LogP contribution < -0.4 is 9.30 Å². The molecule has 0 fully saturated rings. The van der Waals surface area contributed by atoms with Crippen LogP contribution in [0.15, 0.2) is 110 Å². The molecule has 4 aromatic carbocycles. The van der Waals surface area contributed by atoms with Crippen molar-refractivity contribution < 1.29 is 29.7 Å². The zero-order valence-electron chi connectivity index (χ0n) is 24.1. The summed E-state index contributed by atoms with van der Waals surface area (Å²) in [5, 5.41) is 4.71. The summed E-state index contributed by atoms with van der Waals surface area (Å²) in [7, 11) is 0. The Morgan fingerprint density at radius 2 is 1.36 bits per heavy atom. The average molecular weight is 643 g/mol. The number of imidazole rings is 1. The molecule has 2 aromatic heterocycles. The van der Waals surface area contributed by atoms with Crippen molar-refractivity contribution in [3.63, 3.8) is 0 Å². The van der Waals surface area contributed by atoms with Crippen molar-refractivity contribution in [3.05, 3.63) is 139 Å². The van der Waals surface area contributed by atoms with Crippen molar-refractivity contribution in [3.8, 4) is 39.7 Å². The third kappa shape index (κ3) is 6.16. The quantitative estimate of drug-likeness (QED) is 0.0957. The van der Waals surface area contributed by atoms with Crippen LogP contribution in [-0.4, -0.2) is 14.3 Å². The normalized spacial score (nSPS) is 11.1. The summed E-state index contributed by atoms with van der Waals surface area (Å²) >= 11 is 0. The number of benzene rings is 4. The Morgan fingerprint density at radius 1 is 0.738 bits per heavy atom. The van der Waals surface area contributed by atoms with E-state index in [0.29, 0.717) is 23.3 Å². The van der Waals surface area contributed by atoms with E-state index in [-0.39, 0.29) is 20.4 Å². The second-order valence-corrected chi connectivity index (χ2v) is 10.7. The molecule has 214 valence electrons. The number of ether oxygens (including phenoxy) is 1. The van der Waals surface area contributed by atoms with Crippen molar-refractivity contribution in [2.75, 3.05) is 0 Å². The van der Waals surface area contributed by atoms with Crippen LogP contribution in [0.5, 0.6) is 11.5 Å². The van der Waals surface area contributed by atoms with Gasteiger partial charge in [-0.3, -0.25) is 9.25 Å². The average Bonchev–Trinajstić information content (AvgIpc) is 3.69. The van der Waals surface area contributed by atoms with Gasteiger partial charge in [-0.05, 0) is 52.0 Å². The van der Waals surface area contributed by atoms with E-state index >= 15 is 0 Å². The van der Waals surface area contributed by atoms with Gasteiger partial charge in [0.1, 0.15) is 0 Å². The Morgan fingerprint density at radius 3 is 2.02 bits per heavy atom. The maximum atomic E-state index is 6.20. The van der Waals surface area contributed by atoms with Crippen molar-refractivity contribution in [1.29, 1.82) is 0 Å². The molecule has 42 heavy (non-hydrogen) atoms. The van der Waals surface area contributed by atoms with Crippen LogP contribution >= 0.6 is 0 Å². The molecular formula is C36H32N4OPd-2. The van der Waals surface area contributed by atoms with Crippen LogP contribution in [0.4, 0.5) is 0 Å². The first-order valence-corrected chi connectivity index (χ1v) is 13.9. The summed E-state index contributed by atoms with van der Waals surface area (Å²) in [5.74, 6) is 2.01. The van der Waals surface area contributed by atoms with E-state index in [9.17, 15) is 0 Å². The minimum Gasteiger partial charge on any atom is -0.510 e. The second kappa shape index (κ2) is 12.7. The molecule has 5 nitrogen and oxygen atoms in total. The summed E-state index contributed by atoms with van der Waals surface area (Å²) in [4.78, 5) is 0. The molecule has 0 spiro atoms. The van der Waals surface area contributed by atoms with E-state index in [1.165, 1.54) is 16.7 Å². The molecule has 0 saturated heterocycles. The van der Waals surface area contributed by atoms with Crippen molar-refractivity contribution in [2.45, 2.75) is 39.5 Å². The third-order valence-electron chi connectivity index (χ3n) is 7.09. The molecule has 0 unspecified atom stereocenters. The van der Waals surface area contributed by atoms with Gasteiger partial charge in [0, 0.05) is 56.1 Å². The molecule has 0 amide bonds. The van der Waals surface area contributed by atoms with E-state index in [1.54, 1.807) is 0 Å². The van der Waals surface area contributed by atoms with E-state index in [2.05, 4.69) is 70.6 Å². The monoisotopic (exact) mass is 642 g/mol. The number of hydrogen-bond donors (Lipinski definition) is 0. The standard InChI is InChI=1S/C36H32N4O.Pd/c1-26(2)34-17-10-18-35(27(3)4)36(34)28-23-37-40(24-28)31-14-9-16-33(22-31)41-32-15-8-13-30(21-32)39-20-19-38(25-39)29-11-6-5-7-12-29;/h5-20,23-24,26-27H,1-4H3;/q-2;. The van der Waals surface area contributed by atoms with Gasteiger partial charge in [0.15, 0.2) is 0 Å². The summed E-state index contributed by atoms with van der Waals surface area (Å²) < 4.78 is 11.9. The Balaban J connectivity index is 0.00000353. The van der Waals surface area contributed by atoms with Crippen LogP contribution in [-0.2, 0) is 20.4 Å². The van der Waals surface area contributed by atoms with E-state index < -0.39 is 0 Å². The summed E-state index contributed by atoms with van der Waals surface area (Å²) in [6.07, 6.45) is 11.3. The third-order valence-corrected chi connectivity index (χ3v) is 7.09. The van der Waals surface area contributed by atoms with E-state index in [1.807, 2.05) is 99.1 Å². The molecule has 0 atom stereocenters. The zero-order chi connectivity index (χ0) is 28.3. The van der Waals surface area contributed by atoms with Gasteiger partial charge in [-0.25, -0.2) is 0 Å². The van der Waals surface area contributed by atoms with Gasteiger partial charge in [-0.15, -0.1) is 30.3 Å². The smallest absolute Gasteiger partial charge is 0.267 e. The van der Waals surface area contributed by atoms with Crippen LogP contribution in [0.1, 0.15) is 50.7 Å². The SMILES string of the molecule is CC(C)c1cccc(C(C)C)c1-c1cnn(-c2[c-]c(Oc3[c-]c(-n4[c-][n+](-c5ccccc5)cc4)ccc3)ccc2)c1.[Pd]. The predicted molar refractivity (Wildman–Crippen MR) is 161 cm³/mol. The Hall–Kier alpha value is -4.24. The second-order valence-electron chi connectivity index (χ2n) is 10.7.